The van der Waals surface area contributed by atoms with E-state index in [9.17, 15) is 0 Å². The molecule has 0 amide bonds. The molecule has 1 atom stereocenters. The molecule has 0 aliphatic heterocycles. The molecular weight excluding hydrogens is 264 g/mol. The summed E-state index contributed by atoms with van der Waals surface area (Å²) in [6.07, 6.45) is 4.93. The molecule has 0 radical (unpaired) electrons. The van der Waals surface area contributed by atoms with Crippen LogP contribution in [0.2, 0.25) is 0 Å². The maximum Gasteiger partial charge on any atom is 0.0816 e. The van der Waals surface area contributed by atoms with Crippen LogP contribution in [0, 0.1) is 0 Å². The van der Waals surface area contributed by atoms with Gasteiger partial charge in [0, 0.05) is 12.5 Å². The number of rotatable bonds is 10. The predicted molar refractivity (Wildman–Crippen MR) is 92.2 cm³/mol. The minimum Gasteiger partial charge on any atom is -0.393 e. The Labute approximate surface area is 129 Å². The minimum absolute atomic E-state index is 0.167. The van der Waals surface area contributed by atoms with E-state index in [2.05, 4.69) is 43.0 Å². The van der Waals surface area contributed by atoms with Gasteiger partial charge < -0.3 is 10.6 Å². The van der Waals surface area contributed by atoms with Crippen LogP contribution in [-0.4, -0.2) is 29.5 Å². The Morgan fingerprint density at radius 3 is 2.10 bits per heavy atom. The molecule has 0 aromatic heterocycles. The zero-order chi connectivity index (χ0) is 14.8. The maximum absolute atomic E-state index is 5.98. The summed E-state index contributed by atoms with van der Waals surface area (Å²) in [6.45, 7) is 7.70. The third-order valence-electron chi connectivity index (χ3n) is 3.64. The standard InChI is InChI=1S/C17H28N2S/c1-3-5-12-19(13-6-4-2)14-16(17(18)20)15-10-8-7-9-11-15/h7-11,16H,3-6,12-14H2,1-2H3,(H2,18,20). The zero-order valence-corrected chi connectivity index (χ0v) is 13.7. The third-order valence-corrected chi connectivity index (χ3v) is 3.93. The molecule has 1 rings (SSSR count). The highest BCUT2D eigenvalue weighted by Crippen LogP contribution is 2.18. The number of benzene rings is 1. The lowest BCUT2D eigenvalue weighted by Crippen LogP contribution is -2.35. The molecule has 3 heteroatoms. The lowest BCUT2D eigenvalue weighted by molar-refractivity contribution is 0.263. The average Bonchev–Trinajstić information content (AvgIpc) is 2.47. The first kappa shape index (κ1) is 17.1. The van der Waals surface area contributed by atoms with E-state index < -0.39 is 0 Å². The highest BCUT2D eigenvalue weighted by Gasteiger charge is 2.18. The number of unbranched alkanes of at least 4 members (excludes halogenated alkanes) is 2. The van der Waals surface area contributed by atoms with Crippen molar-refractivity contribution >= 4 is 17.2 Å². The summed E-state index contributed by atoms with van der Waals surface area (Å²) in [4.78, 5) is 3.12. The van der Waals surface area contributed by atoms with Gasteiger partial charge in [-0.1, -0.05) is 69.2 Å². The molecule has 2 nitrogen and oxygen atoms in total. The SMILES string of the molecule is CCCCN(CCCC)CC(C(N)=S)c1ccccc1. The van der Waals surface area contributed by atoms with E-state index in [4.69, 9.17) is 18.0 Å². The Morgan fingerprint density at radius 2 is 1.65 bits per heavy atom. The highest BCUT2D eigenvalue weighted by molar-refractivity contribution is 7.80. The van der Waals surface area contributed by atoms with Gasteiger partial charge in [0.15, 0.2) is 0 Å². The summed E-state index contributed by atoms with van der Waals surface area (Å²) in [7, 11) is 0. The lowest BCUT2D eigenvalue weighted by atomic mass is 9.98. The Kier molecular flexibility index (Phi) is 8.47. The topological polar surface area (TPSA) is 29.3 Å². The van der Waals surface area contributed by atoms with Crippen LogP contribution >= 0.6 is 12.2 Å². The van der Waals surface area contributed by atoms with Gasteiger partial charge in [-0.3, -0.25) is 0 Å². The van der Waals surface area contributed by atoms with Gasteiger partial charge in [-0.2, -0.15) is 0 Å². The second-order valence-electron chi connectivity index (χ2n) is 5.37. The molecule has 1 aromatic carbocycles. The minimum atomic E-state index is 0.167. The van der Waals surface area contributed by atoms with Gasteiger partial charge in [0.1, 0.15) is 0 Å². The van der Waals surface area contributed by atoms with Gasteiger partial charge >= 0.3 is 0 Å². The number of hydrogen-bond donors (Lipinski definition) is 1. The first-order valence-electron chi connectivity index (χ1n) is 7.75. The summed E-state index contributed by atoms with van der Waals surface area (Å²) in [6, 6.07) is 10.4. The summed E-state index contributed by atoms with van der Waals surface area (Å²) in [5, 5.41) is 0. The van der Waals surface area contributed by atoms with Gasteiger partial charge in [-0.15, -0.1) is 0 Å². The van der Waals surface area contributed by atoms with Crippen molar-refractivity contribution in [3.05, 3.63) is 35.9 Å². The van der Waals surface area contributed by atoms with Crippen LogP contribution in [0.4, 0.5) is 0 Å². The third kappa shape index (κ3) is 6.02. The summed E-state index contributed by atoms with van der Waals surface area (Å²) in [5.41, 5.74) is 7.21. The monoisotopic (exact) mass is 292 g/mol. The van der Waals surface area contributed by atoms with Crippen LogP contribution in [0.3, 0.4) is 0 Å². The van der Waals surface area contributed by atoms with E-state index in [0.717, 1.165) is 19.6 Å². The van der Waals surface area contributed by atoms with E-state index in [0.29, 0.717) is 4.99 Å². The van der Waals surface area contributed by atoms with E-state index >= 15 is 0 Å². The van der Waals surface area contributed by atoms with Crippen molar-refractivity contribution in [1.29, 1.82) is 0 Å². The fourth-order valence-electron chi connectivity index (χ4n) is 2.36. The summed E-state index contributed by atoms with van der Waals surface area (Å²) >= 11 is 5.29. The molecule has 0 saturated heterocycles. The molecular formula is C17H28N2S. The predicted octanol–water partition coefficient (Wildman–Crippen LogP) is 3.96. The van der Waals surface area contributed by atoms with Crippen molar-refractivity contribution in [1.82, 2.24) is 4.90 Å². The van der Waals surface area contributed by atoms with Crippen molar-refractivity contribution in [2.45, 2.75) is 45.4 Å². The van der Waals surface area contributed by atoms with Gasteiger partial charge in [0.25, 0.3) is 0 Å². The molecule has 0 fully saturated rings. The van der Waals surface area contributed by atoms with E-state index in [1.807, 2.05) is 6.07 Å². The maximum atomic E-state index is 5.98. The fourth-order valence-corrected chi connectivity index (χ4v) is 2.57. The molecule has 0 saturated carbocycles. The molecule has 0 heterocycles. The molecule has 2 N–H and O–H groups in total. The zero-order valence-electron chi connectivity index (χ0n) is 12.8. The van der Waals surface area contributed by atoms with E-state index in [1.54, 1.807) is 0 Å². The van der Waals surface area contributed by atoms with Crippen molar-refractivity contribution < 1.29 is 0 Å². The normalized spacial score (nSPS) is 12.6. The van der Waals surface area contributed by atoms with Crippen LogP contribution in [-0.2, 0) is 0 Å². The molecule has 112 valence electrons. The van der Waals surface area contributed by atoms with Crippen LogP contribution in [0.15, 0.2) is 30.3 Å². The van der Waals surface area contributed by atoms with Gasteiger partial charge in [-0.05, 0) is 31.5 Å². The van der Waals surface area contributed by atoms with E-state index in [1.165, 1.54) is 31.2 Å². The van der Waals surface area contributed by atoms with E-state index in [-0.39, 0.29) is 5.92 Å². The summed E-state index contributed by atoms with van der Waals surface area (Å²) < 4.78 is 0. The molecule has 1 aromatic rings. The fraction of sp³-hybridized carbons (Fsp3) is 0.588. The number of hydrogen-bond acceptors (Lipinski definition) is 2. The van der Waals surface area contributed by atoms with Crippen molar-refractivity contribution in [3.8, 4) is 0 Å². The summed E-state index contributed by atoms with van der Waals surface area (Å²) in [5.74, 6) is 0.167. The van der Waals surface area contributed by atoms with Crippen LogP contribution in [0.1, 0.15) is 51.0 Å². The van der Waals surface area contributed by atoms with Gasteiger partial charge in [0.05, 0.1) is 4.99 Å². The number of nitrogens with two attached hydrogens (primary N) is 1. The highest BCUT2D eigenvalue weighted by atomic mass is 32.1. The largest absolute Gasteiger partial charge is 0.393 e. The Balaban J connectivity index is 2.72. The second-order valence-corrected chi connectivity index (χ2v) is 5.84. The van der Waals surface area contributed by atoms with Crippen molar-refractivity contribution in [2.75, 3.05) is 19.6 Å². The Hall–Kier alpha value is -0.930. The molecule has 20 heavy (non-hydrogen) atoms. The molecule has 1 unspecified atom stereocenters. The van der Waals surface area contributed by atoms with Crippen molar-refractivity contribution in [2.24, 2.45) is 5.73 Å². The smallest absolute Gasteiger partial charge is 0.0816 e. The Morgan fingerprint density at radius 1 is 1.10 bits per heavy atom. The first-order valence-corrected chi connectivity index (χ1v) is 8.16. The first-order chi connectivity index (χ1) is 9.69. The van der Waals surface area contributed by atoms with Gasteiger partial charge in [-0.25, -0.2) is 0 Å². The second kappa shape index (κ2) is 9.89. The van der Waals surface area contributed by atoms with Crippen LogP contribution < -0.4 is 5.73 Å². The lowest BCUT2D eigenvalue weighted by Gasteiger charge is -2.27. The van der Waals surface area contributed by atoms with Crippen LogP contribution in [0.5, 0.6) is 0 Å². The number of thiocarbonyl (C=S) groups is 1. The molecule has 0 aliphatic rings. The molecule has 0 bridgehead atoms. The number of nitrogens with zero attached hydrogens (tertiary/aromatic N) is 1. The van der Waals surface area contributed by atoms with Gasteiger partial charge in [0.2, 0.25) is 0 Å². The quantitative estimate of drug-likeness (QED) is 0.662. The molecule has 0 aliphatic carbocycles. The average molecular weight is 292 g/mol. The van der Waals surface area contributed by atoms with Crippen molar-refractivity contribution in [3.63, 3.8) is 0 Å². The Bertz CT molecular complexity index is 370. The molecule has 0 spiro atoms. The van der Waals surface area contributed by atoms with Crippen LogP contribution in [0.25, 0.3) is 0 Å².